The quantitative estimate of drug-likeness (QED) is 0.755. The number of rotatable bonds is 2. The van der Waals surface area contributed by atoms with Crippen LogP contribution in [0.15, 0.2) is 22.8 Å². The zero-order valence-electron chi connectivity index (χ0n) is 7.65. The highest BCUT2D eigenvalue weighted by molar-refractivity contribution is 7.15. The summed E-state index contributed by atoms with van der Waals surface area (Å²) in [6.07, 6.45) is 2.04. The molecule has 0 unspecified atom stereocenters. The average Bonchev–Trinajstić information content (AvgIpc) is 2.76. The van der Waals surface area contributed by atoms with Crippen LogP contribution in [0.1, 0.15) is 10.6 Å². The Balaban J connectivity index is 2.39. The fourth-order valence-corrected chi connectivity index (χ4v) is 2.13. The smallest absolute Gasteiger partial charge is 0.162 e. The van der Waals surface area contributed by atoms with Crippen LogP contribution in [0.3, 0.4) is 0 Å². The number of furan rings is 1. The number of nitrogens with zero attached hydrogens (tertiary/aromatic N) is 2. The molecular weight excluding hydrogens is 196 g/mol. The molecular formula is C10H8N2OS. The van der Waals surface area contributed by atoms with Crippen molar-refractivity contribution in [1.82, 2.24) is 4.98 Å². The standard InChI is InChI=1S/C10H8N2OS/c1-7-9(4-5-11)14-10(12-7)8-3-2-6-13-8/h2-3,6H,4H2,1H3. The van der Waals surface area contributed by atoms with Crippen molar-refractivity contribution >= 4 is 11.3 Å². The van der Waals surface area contributed by atoms with E-state index in [0.29, 0.717) is 6.42 Å². The molecule has 0 aliphatic rings. The molecule has 2 aromatic heterocycles. The van der Waals surface area contributed by atoms with Crippen molar-refractivity contribution in [2.45, 2.75) is 13.3 Å². The van der Waals surface area contributed by atoms with E-state index in [-0.39, 0.29) is 0 Å². The van der Waals surface area contributed by atoms with E-state index in [0.717, 1.165) is 21.3 Å². The van der Waals surface area contributed by atoms with Gasteiger partial charge in [-0.15, -0.1) is 11.3 Å². The lowest BCUT2D eigenvalue weighted by Crippen LogP contribution is -1.79. The molecule has 0 radical (unpaired) electrons. The second-order valence-corrected chi connectivity index (χ2v) is 3.92. The van der Waals surface area contributed by atoms with Crippen LogP contribution in [0, 0.1) is 18.3 Å². The minimum atomic E-state index is 0.421. The van der Waals surface area contributed by atoms with Crippen LogP contribution in [0.4, 0.5) is 0 Å². The van der Waals surface area contributed by atoms with Gasteiger partial charge in [-0.25, -0.2) is 4.98 Å². The van der Waals surface area contributed by atoms with Gasteiger partial charge in [0.15, 0.2) is 10.8 Å². The lowest BCUT2D eigenvalue weighted by Gasteiger charge is -1.84. The van der Waals surface area contributed by atoms with Crippen molar-refractivity contribution in [3.63, 3.8) is 0 Å². The van der Waals surface area contributed by atoms with Crippen molar-refractivity contribution in [1.29, 1.82) is 5.26 Å². The summed E-state index contributed by atoms with van der Waals surface area (Å²) in [6, 6.07) is 5.82. The molecule has 0 aliphatic carbocycles. The number of hydrogen-bond donors (Lipinski definition) is 0. The van der Waals surface area contributed by atoms with Gasteiger partial charge in [-0.1, -0.05) is 0 Å². The van der Waals surface area contributed by atoms with Gasteiger partial charge in [0.05, 0.1) is 24.4 Å². The molecule has 0 N–H and O–H groups in total. The Morgan fingerprint density at radius 2 is 2.50 bits per heavy atom. The van der Waals surface area contributed by atoms with E-state index in [4.69, 9.17) is 9.68 Å². The largest absolute Gasteiger partial charge is 0.462 e. The van der Waals surface area contributed by atoms with Gasteiger partial charge in [0.2, 0.25) is 0 Å². The summed E-state index contributed by atoms with van der Waals surface area (Å²) in [7, 11) is 0. The van der Waals surface area contributed by atoms with Crippen molar-refractivity contribution in [2.24, 2.45) is 0 Å². The molecule has 2 rings (SSSR count). The molecule has 3 nitrogen and oxygen atoms in total. The normalized spacial score (nSPS) is 10.0. The van der Waals surface area contributed by atoms with Gasteiger partial charge in [0.1, 0.15) is 0 Å². The van der Waals surface area contributed by atoms with Gasteiger partial charge >= 0.3 is 0 Å². The molecule has 0 aliphatic heterocycles. The van der Waals surface area contributed by atoms with E-state index in [2.05, 4.69) is 11.1 Å². The molecule has 70 valence electrons. The lowest BCUT2D eigenvalue weighted by atomic mass is 10.3. The summed E-state index contributed by atoms with van der Waals surface area (Å²) < 4.78 is 5.23. The predicted octanol–water partition coefficient (Wildman–Crippen LogP) is 2.78. The van der Waals surface area contributed by atoms with Gasteiger partial charge in [0, 0.05) is 4.88 Å². The molecule has 0 fully saturated rings. The molecule has 0 bridgehead atoms. The molecule has 0 saturated heterocycles. The van der Waals surface area contributed by atoms with E-state index >= 15 is 0 Å². The van der Waals surface area contributed by atoms with E-state index < -0.39 is 0 Å². The Labute approximate surface area is 85.6 Å². The molecule has 2 aromatic rings. The van der Waals surface area contributed by atoms with Crippen LogP contribution in [-0.4, -0.2) is 4.98 Å². The van der Waals surface area contributed by atoms with Crippen LogP contribution in [0.25, 0.3) is 10.8 Å². The third-order valence-corrected chi connectivity index (χ3v) is 3.04. The van der Waals surface area contributed by atoms with Crippen LogP contribution < -0.4 is 0 Å². The first kappa shape index (κ1) is 8.97. The van der Waals surface area contributed by atoms with Crippen LogP contribution >= 0.6 is 11.3 Å². The van der Waals surface area contributed by atoms with Gasteiger partial charge < -0.3 is 4.42 Å². The minimum absolute atomic E-state index is 0.421. The van der Waals surface area contributed by atoms with E-state index in [1.165, 1.54) is 11.3 Å². The van der Waals surface area contributed by atoms with Gasteiger partial charge in [0.25, 0.3) is 0 Å². The minimum Gasteiger partial charge on any atom is -0.462 e. The van der Waals surface area contributed by atoms with Crippen molar-refractivity contribution in [3.8, 4) is 16.8 Å². The first-order valence-electron chi connectivity index (χ1n) is 4.18. The number of hydrogen-bond acceptors (Lipinski definition) is 4. The summed E-state index contributed by atoms with van der Waals surface area (Å²) in [5.41, 5.74) is 0.919. The molecule has 14 heavy (non-hydrogen) atoms. The molecule has 4 heteroatoms. The summed E-state index contributed by atoms with van der Waals surface area (Å²) in [6.45, 7) is 1.91. The Bertz CT molecular complexity index is 465. The second kappa shape index (κ2) is 3.64. The van der Waals surface area contributed by atoms with Gasteiger partial charge in [-0.3, -0.25) is 0 Å². The summed E-state index contributed by atoms with van der Waals surface area (Å²) >= 11 is 1.51. The van der Waals surface area contributed by atoms with Crippen LogP contribution in [-0.2, 0) is 6.42 Å². The number of nitriles is 1. The van der Waals surface area contributed by atoms with Gasteiger partial charge in [-0.05, 0) is 19.1 Å². The third kappa shape index (κ3) is 1.54. The maximum absolute atomic E-state index is 8.59. The van der Waals surface area contributed by atoms with Crippen molar-refractivity contribution in [3.05, 3.63) is 29.0 Å². The first-order valence-corrected chi connectivity index (χ1v) is 5.00. The Morgan fingerprint density at radius 1 is 1.64 bits per heavy atom. The van der Waals surface area contributed by atoms with E-state index in [1.807, 2.05) is 19.1 Å². The zero-order valence-corrected chi connectivity index (χ0v) is 8.47. The SMILES string of the molecule is Cc1nc(-c2ccco2)sc1CC#N. The number of aryl methyl sites for hydroxylation is 1. The highest BCUT2D eigenvalue weighted by atomic mass is 32.1. The number of thiazole rings is 1. The zero-order chi connectivity index (χ0) is 9.97. The molecule has 2 heterocycles. The Morgan fingerprint density at radius 3 is 3.14 bits per heavy atom. The van der Waals surface area contributed by atoms with Crippen molar-refractivity contribution in [2.75, 3.05) is 0 Å². The topological polar surface area (TPSA) is 49.8 Å². The highest BCUT2D eigenvalue weighted by Crippen LogP contribution is 2.28. The van der Waals surface area contributed by atoms with Crippen LogP contribution in [0.2, 0.25) is 0 Å². The third-order valence-electron chi connectivity index (χ3n) is 1.86. The Hall–Kier alpha value is -1.60. The molecule has 0 amide bonds. The second-order valence-electron chi connectivity index (χ2n) is 2.84. The summed E-state index contributed by atoms with van der Waals surface area (Å²) in [5.74, 6) is 0.766. The van der Waals surface area contributed by atoms with Crippen molar-refractivity contribution < 1.29 is 4.42 Å². The summed E-state index contributed by atoms with van der Waals surface area (Å²) in [4.78, 5) is 5.36. The van der Waals surface area contributed by atoms with Crippen LogP contribution in [0.5, 0.6) is 0 Å². The van der Waals surface area contributed by atoms with Gasteiger partial charge in [-0.2, -0.15) is 5.26 Å². The molecule has 0 saturated carbocycles. The molecule has 0 aromatic carbocycles. The lowest BCUT2D eigenvalue weighted by molar-refractivity contribution is 0.581. The molecule has 0 spiro atoms. The predicted molar refractivity (Wildman–Crippen MR) is 53.9 cm³/mol. The fraction of sp³-hybridized carbons (Fsp3) is 0.200. The molecule has 0 atom stereocenters. The maximum atomic E-state index is 8.59. The highest BCUT2D eigenvalue weighted by Gasteiger charge is 2.10. The average molecular weight is 204 g/mol. The Kier molecular flexibility index (Phi) is 2.33. The fourth-order valence-electron chi connectivity index (χ4n) is 1.17. The number of aromatic nitrogens is 1. The maximum Gasteiger partial charge on any atom is 0.162 e. The first-order chi connectivity index (χ1) is 6.81. The summed E-state index contributed by atoms with van der Waals surface area (Å²) in [5, 5.41) is 9.43. The van der Waals surface area contributed by atoms with E-state index in [9.17, 15) is 0 Å². The monoisotopic (exact) mass is 204 g/mol. The van der Waals surface area contributed by atoms with E-state index in [1.54, 1.807) is 6.26 Å².